The third-order valence-electron chi connectivity index (χ3n) is 4.10. The number of hydrogen-bond donors (Lipinski definition) is 1. The fraction of sp³-hybridized carbons (Fsp3) is 0.278. The van der Waals surface area contributed by atoms with Gasteiger partial charge in [-0.2, -0.15) is 5.26 Å². The van der Waals surface area contributed by atoms with Crippen LogP contribution in [0, 0.1) is 11.3 Å². The number of halogens is 2. The molecular weight excluding hydrogens is 377 g/mol. The molecule has 1 aliphatic rings. The first-order valence-electron chi connectivity index (χ1n) is 7.83. The number of aromatic nitrogens is 1. The molecule has 0 radical (unpaired) electrons. The number of aryl methyl sites for hydroxylation is 1. The fourth-order valence-electron chi connectivity index (χ4n) is 3.06. The maximum atomic E-state index is 11.2. The summed E-state index contributed by atoms with van der Waals surface area (Å²) in [5, 5.41) is 11.3. The Morgan fingerprint density at radius 2 is 2.08 bits per heavy atom. The van der Waals surface area contributed by atoms with Crippen molar-refractivity contribution < 1.29 is 4.79 Å². The molecule has 1 aliphatic carbocycles. The molecule has 0 aliphatic heterocycles. The lowest BCUT2D eigenvalue weighted by molar-refractivity contribution is -0.115. The lowest BCUT2D eigenvalue weighted by Gasteiger charge is -2.22. The highest BCUT2D eigenvalue weighted by atomic mass is 35.5. The smallest absolute Gasteiger partial charge is 0.227 e. The number of primary amides is 1. The first-order valence-corrected chi connectivity index (χ1v) is 9.57. The Hall–Kier alpha value is -1.74. The summed E-state index contributed by atoms with van der Waals surface area (Å²) in [6, 6.07) is 7.51. The molecule has 1 heterocycles. The summed E-state index contributed by atoms with van der Waals surface area (Å²) in [5.74, 6) is -0.367. The van der Waals surface area contributed by atoms with Gasteiger partial charge in [0.05, 0.1) is 11.3 Å². The highest BCUT2D eigenvalue weighted by Crippen LogP contribution is 2.41. The van der Waals surface area contributed by atoms with Crippen molar-refractivity contribution in [1.82, 2.24) is 4.98 Å². The van der Waals surface area contributed by atoms with Gasteiger partial charge < -0.3 is 5.73 Å². The number of nitriles is 1. The Bertz CT molecular complexity index is 893. The summed E-state index contributed by atoms with van der Waals surface area (Å²) in [4.78, 5) is 15.8. The van der Waals surface area contributed by atoms with E-state index in [1.54, 1.807) is 12.1 Å². The molecule has 2 aromatic rings. The number of carbonyl (C=O) groups is 1. The van der Waals surface area contributed by atoms with E-state index < -0.39 is 5.91 Å². The third kappa shape index (κ3) is 3.77. The van der Waals surface area contributed by atoms with Gasteiger partial charge in [-0.15, -0.1) is 0 Å². The van der Waals surface area contributed by atoms with Crippen molar-refractivity contribution in [3.8, 4) is 17.2 Å². The summed E-state index contributed by atoms with van der Waals surface area (Å²) in [7, 11) is 0. The number of carbonyl (C=O) groups excluding carboxylic acids is 1. The Kier molecular flexibility index (Phi) is 5.53. The molecule has 0 unspecified atom stereocenters. The molecule has 0 atom stereocenters. The van der Waals surface area contributed by atoms with Crippen molar-refractivity contribution >= 4 is 40.9 Å². The molecule has 7 heteroatoms. The van der Waals surface area contributed by atoms with Crippen molar-refractivity contribution in [1.29, 1.82) is 5.26 Å². The van der Waals surface area contributed by atoms with Crippen molar-refractivity contribution in [3.05, 3.63) is 45.1 Å². The average Bonchev–Trinajstić information content (AvgIpc) is 2.59. The molecule has 0 saturated heterocycles. The minimum atomic E-state index is -0.445. The predicted molar refractivity (Wildman–Crippen MR) is 101 cm³/mol. The van der Waals surface area contributed by atoms with E-state index in [1.807, 2.05) is 6.07 Å². The van der Waals surface area contributed by atoms with Gasteiger partial charge in [-0.05, 0) is 43.4 Å². The van der Waals surface area contributed by atoms with E-state index in [1.165, 1.54) is 11.8 Å². The zero-order chi connectivity index (χ0) is 18.0. The quantitative estimate of drug-likeness (QED) is 0.783. The molecule has 1 aromatic heterocycles. The number of amides is 1. The van der Waals surface area contributed by atoms with E-state index in [9.17, 15) is 10.1 Å². The molecule has 0 spiro atoms. The summed E-state index contributed by atoms with van der Waals surface area (Å²) >= 11 is 13.6. The monoisotopic (exact) mass is 391 g/mol. The molecule has 3 rings (SSSR count). The largest absolute Gasteiger partial charge is 0.369 e. The highest BCUT2D eigenvalue weighted by molar-refractivity contribution is 8.00. The first-order chi connectivity index (χ1) is 12.0. The molecule has 1 amide bonds. The Morgan fingerprint density at radius 1 is 1.32 bits per heavy atom. The molecule has 1 aromatic carbocycles. The SMILES string of the molecule is N#Cc1c(SCC(N)=O)nc2c(c1-c1ccc(Cl)cc1Cl)CCCC2. The van der Waals surface area contributed by atoms with E-state index in [-0.39, 0.29) is 5.75 Å². The van der Waals surface area contributed by atoms with Crippen LogP contribution >= 0.6 is 35.0 Å². The van der Waals surface area contributed by atoms with Crippen LogP contribution in [0.1, 0.15) is 29.7 Å². The molecule has 0 fully saturated rings. The summed E-state index contributed by atoms with van der Waals surface area (Å²) in [5.41, 5.74) is 9.30. The number of benzene rings is 1. The van der Waals surface area contributed by atoms with Gasteiger partial charge in [0.1, 0.15) is 11.1 Å². The van der Waals surface area contributed by atoms with Gasteiger partial charge in [-0.3, -0.25) is 4.79 Å². The van der Waals surface area contributed by atoms with Crippen LogP contribution in [0.2, 0.25) is 10.0 Å². The summed E-state index contributed by atoms with van der Waals surface area (Å²) < 4.78 is 0. The van der Waals surface area contributed by atoms with E-state index in [0.717, 1.165) is 48.1 Å². The van der Waals surface area contributed by atoms with Crippen molar-refractivity contribution in [2.45, 2.75) is 30.7 Å². The van der Waals surface area contributed by atoms with Crippen molar-refractivity contribution in [2.24, 2.45) is 5.73 Å². The second kappa shape index (κ2) is 7.65. The molecule has 25 heavy (non-hydrogen) atoms. The van der Waals surface area contributed by atoms with Gasteiger partial charge in [0.15, 0.2) is 0 Å². The molecule has 0 saturated carbocycles. The number of pyridine rings is 1. The maximum Gasteiger partial charge on any atom is 0.227 e. The standard InChI is InChI=1S/C18H15Cl2N3OS/c19-10-5-6-11(14(20)7-10)17-12-3-1-2-4-15(12)23-18(13(17)8-21)25-9-16(22)24/h5-7H,1-4,9H2,(H2,22,24). The number of thioether (sulfide) groups is 1. The van der Waals surface area contributed by atoms with Gasteiger partial charge in [0, 0.05) is 26.9 Å². The lowest BCUT2D eigenvalue weighted by atomic mass is 9.87. The van der Waals surface area contributed by atoms with Crippen molar-refractivity contribution in [3.63, 3.8) is 0 Å². The van der Waals surface area contributed by atoms with Crippen LogP contribution in [0.5, 0.6) is 0 Å². The van der Waals surface area contributed by atoms with E-state index in [0.29, 0.717) is 20.6 Å². The van der Waals surface area contributed by atoms with Crippen molar-refractivity contribution in [2.75, 3.05) is 5.75 Å². The fourth-order valence-corrected chi connectivity index (χ4v) is 4.30. The minimum Gasteiger partial charge on any atom is -0.369 e. The van der Waals surface area contributed by atoms with E-state index in [4.69, 9.17) is 28.9 Å². The number of hydrogen-bond acceptors (Lipinski definition) is 4. The van der Waals surface area contributed by atoms with Gasteiger partial charge in [-0.25, -0.2) is 4.98 Å². The molecule has 0 bridgehead atoms. The van der Waals surface area contributed by atoms with E-state index in [2.05, 4.69) is 11.1 Å². The topological polar surface area (TPSA) is 79.8 Å². The number of fused-ring (bicyclic) bond motifs is 1. The second-order valence-corrected chi connectivity index (χ2v) is 7.60. The Labute approximate surface area is 160 Å². The van der Waals surface area contributed by atoms with Gasteiger partial charge >= 0.3 is 0 Å². The van der Waals surface area contributed by atoms with Crippen LogP contribution in [-0.4, -0.2) is 16.6 Å². The number of nitrogens with two attached hydrogens (primary N) is 1. The van der Waals surface area contributed by atoms with Crippen LogP contribution in [0.15, 0.2) is 23.2 Å². The summed E-state index contributed by atoms with van der Waals surface area (Å²) in [6.07, 6.45) is 3.81. The van der Waals surface area contributed by atoms with Crippen LogP contribution in [0.4, 0.5) is 0 Å². The molecule has 4 nitrogen and oxygen atoms in total. The Balaban J connectivity index is 2.25. The third-order valence-corrected chi connectivity index (χ3v) is 5.65. The zero-order valence-electron chi connectivity index (χ0n) is 13.3. The average molecular weight is 392 g/mol. The maximum absolute atomic E-state index is 11.2. The van der Waals surface area contributed by atoms with Crippen LogP contribution in [-0.2, 0) is 17.6 Å². The predicted octanol–water partition coefficient (Wildman–Crippen LogP) is 4.38. The van der Waals surface area contributed by atoms with Gasteiger partial charge in [0.25, 0.3) is 0 Å². The molecule has 2 N–H and O–H groups in total. The summed E-state index contributed by atoms with van der Waals surface area (Å²) in [6.45, 7) is 0. The van der Waals surface area contributed by atoms with E-state index >= 15 is 0 Å². The number of nitrogens with zero attached hydrogens (tertiary/aromatic N) is 2. The zero-order valence-corrected chi connectivity index (χ0v) is 15.6. The van der Waals surface area contributed by atoms with Crippen LogP contribution < -0.4 is 5.73 Å². The normalized spacial score (nSPS) is 13.2. The second-order valence-electron chi connectivity index (χ2n) is 5.79. The first kappa shape index (κ1) is 18.1. The van der Waals surface area contributed by atoms with Crippen LogP contribution in [0.25, 0.3) is 11.1 Å². The molecular formula is C18H15Cl2N3OS. The highest BCUT2D eigenvalue weighted by Gasteiger charge is 2.24. The number of rotatable bonds is 4. The van der Waals surface area contributed by atoms with Gasteiger partial charge in [0.2, 0.25) is 5.91 Å². The van der Waals surface area contributed by atoms with Gasteiger partial charge in [-0.1, -0.05) is 41.0 Å². The Morgan fingerprint density at radius 3 is 2.76 bits per heavy atom. The molecule has 128 valence electrons. The minimum absolute atomic E-state index is 0.0776. The van der Waals surface area contributed by atoms with Crippen LogP contribution in [0.3, 0.4) is 0 Å². The lowest BCUT2D eigenvalue weighted by Crippen LogP contribution is -2.15.